The van der Waals surface area contributed by atoms with Gasteiger partial charge in [0.2, 0.25) is 0 Å². The molecule has 0 saturated heterocycles. The fraction of sp³-hybridized carbons (Fsp3) is 0.873. The summed E-state index contributed by atoms with van der Waals surface area (Å²) in [6.45, 7) is 6.55. The number of rotatable bonds is 49. The average molecular weight is 859 g/mol. The molecule has 0 aromatic heterocycles. The van der Waals surface area contributed by atoms with Gasteiger partial charge in [-0.2, -0.15) is 0 Å². The molecule has 0 bridgehead atoms. The van der Waals surface area contributed by atoms with Crippen molar-refractivity contribution in [2.45, 2.75) is 297 Å². The Labute approximate surface area is 379 Å². The number of carbonyl (C=O) groups excluding carboxylic acids is 3. The Hall–Kier alpha value is -2.11. The van der Waals surface area contributed by atoms with Crippen molar-refractivity contribution < 1.29 is 28.6 Å². The predicted octanol–water partition coefficient (Wildman–Crippen LogP) is 17.5. The van der Waals surface area contributed by atoms with Crippen LogP contribution in [0.5, 0.6) is 0 Å². The molecule has 0 aliphatic carbocycles. The summed E-state index contributed by atoms with van der Waals surface area (Å²) in [7, 11) is 0. The van der Waals surface area contributed by atoms with E-state index in [1.807, 2.05) is 0 Å². The number of hydrogen-bond donors (Lipinski definition) is 0. The predicted molar refractivity (Wildman–Crippen MR) is 261 cm³/mol. The third kappa shape index (κ3) is 48.8. The Morgan fingerprint density at radius 2 is 0.590 bits per heavy atom. The minimum atomic E-state index is -0.760. The smallest absolute Gasteiger partial charge is 0.306 e. The van der Waals surface area contributed by atoms with Crippen LogP contribution in [-0.2, 0) is 28.6 Å². The van der Waals surface area contributed by atoms with Crippen LogP contribution in [-0.4, -0.2) is 37.2 Å². The first kappa shape index (κ1) is 58.9. The van der Waals surface area contributed by atoms with Crippen LogP contribution in [0.2, 0.25) is 0 Å². The Kier molecular flexibility index (Phi) is 48.8. The van der Waals surface area contributed by atoms with Crippen LogP contribution in [0, 0.1) is 0 Å². The van der Waals surface area contributed by atoms with E-state index in [2.05, 4.69) is 45.1 Å². The molecule has 358 valence electrons. The molecule has 0 fully saturated rings. The van der Waals surface area contributed by atoms with E-state index in [0.717, 1.165) is 70.6 Å². The number of carbonyl (C=O) groups is 3. The van der Waals surface area contributed by atoms with Crippen LogP contribution < -0.4 is 0 Å². The minimum absolute atomic E-state index is 0.0671. The Morgan fingerprint density at radius 3 is 0.902 bits per heavy atom. The van der Waals surface area contributed by atoms with Gasteiger partial charge in [-0.05, 0) is 51.4 Å². The first-order valence-corrected chi connectivity index (χ1v) is 26.8. The zero-order chi connectivity index (χ0) is 44.4. The summed E-state index contributed by atoms with van der Waals surface area (Å²) in [5.41, 5.74) is 0. The Bertz CT molecular complexity index is 989. The molecular weight excluding hydrogens is 757 g/mol. The van der Waals surface area contributed by atoms with Crippen molar-refractivity contribution in [3.05, 3.63) is 24.3 Å². The number of esters is 3. The quantitative estimate of drug-likeness (QED) is 0.0262. The number of unbranched alkanes of at least 4 members (excludes halogenated alkanes) is 34. The van der Waals surface area contributed by atoms with Crippen LogP contribution in [0.25, 0.3) is 0 Å². The van der Waals surface area contributed by atoms with Crippen LogP contribution in [0.1, 0.15) is 290 Å². The van der Waals surface area contributed by atoms with Gasteiger partial charge in [-0.1, -0.05) is 244 Å². The monoisotopic (exact) mass is 859 g/mol. The number of ether oxygens (including phenoxy) is 3. The first-order chi connectivity index (χ1) is 30.0. The van der Waals surface area contributed by atoms with E-state index in [1.54, 1.807) is 0 Å². The molecular formula is C55H102O6. The van der Waals surface area contributed by atoms with Gasteiger partial charge in [0.25, 0.3) is 0 Å². The molecule has 0 spiro atoms. The van der Waals surface area contributed by atoms with Gasteiger partial charge in [0.1, 0.15) is 13.2 Å². The highest BCUT2D eigenvalue weighted by atomic mass is 16.6. The third-order valence-electron chi connectivity index (χ3n) is 12.0. The molecule has 0 saturated carbocycles. The van der Waals surface area contributed by atoms with Crippen molar-refractivity contribution in [2.24, 2.45) is 0 Å². The van der Waals surface area contributed by atoms with Gasteiger partial charge in [-0.15, -0.1) is 0 Å². The highest BCUT2D eigenvalue weighted by Crippen LogP contribution is 2.16. The van der Waals surface area contributed by atoms with Gasteiger partial charge in [0.15, 0.2) is 6.10 Å². The van der Waals surface area contributed by atoms with Crippen LogP contribution in [0.4, 0.5) is 0 Å². The maximum atomic E-state index is 12.6. The summed E-state index contributed by atoms with van der Waals surface area (Å²) in [6.07, 6.45) is 58.1. The van der Waals surface area contributed by atoms with Gasteiger partial charge in [0.05, 0.1) is 0 Å². The second-order valence-electron chi connectivity index (χ2n) is 18.2. The molecule has 0 aliphatic rings. The molecule has 1 atom stereocenters. The van der Waals surface area contributed by atoms with Gasteiger partial charge in [0, 0.05) is 19.3 Å². The molecule has 61 heavy (non-hydrogen) atoms. The van der Waals surface area contributed by atoms with E-state index < -0.39 is 6.10 Å². The molecule has 0 rings (SSSR count). The molecule has 6 nitrogen and oxygen atoms in total. The lowest BCUT2D eigenvalue weighted by Gasteiger charge is -2.18. The maximum Gasteiger partial charge on any atom is 0.306 e. The largest absolute Gasteiger partial charge is 0.462 e. The van der Waals surface area contributed by atoms with Crippen molar-refractivity contribution in [1.82, 2.24) is 0 Å². The van der Waals surface area contributed by atoms with Crippen LogP contribution in [0.3, 0.4) is 0 Å². The molecule has 0 aliphatic heterocycles. The minimum Gasteiger partial charge on any atom is -0.462 e. The van der Waals surface area contributed by atoms with Gasteiger partial charge >= 0.3 is 17.9 Å². The van der Waals surface area contributed by atoms with Crippen molar-refractivity contribution in [3.63, 3.8) is 0 Å². The highest BCUT2D eigenvalue weighted by Gasteiger charge is 2.19. The molecule has 0 aromatic carbocycles. The maximum absolute atomic E-state index is 12.6. The van der Waals surface area contributed by atoms with E-state index in [4.69, 9.17) is 14.2 Å². The van der Waals surface area contributed by atoms with Crippen molar-refractivity contribution >= 4 is 17.9 Å². The Balaban J connectivity index is 3.87. The normalized spacial score (nSPS) is 12.1. The SMILES string of the molecule is CCCCCCC/C=C\C/C=C\CCCCCCCCCCCCCCCCCCCC(=O)OCC(COC(=O)CCCCCCC)OC(=O)CCCCCCCCCCC. The second-order valence-corrected chi connectivity index (χ2v) is 18.2. The van der Waals surface area contributed by atoms with E-state index in [1.165, 1.54) is 180 Å². The standard InChI is InChI=1S/C55H102O6/c1-4-7-10-13-15-17-18-19-20-21-22-23-24-25-26-27-28-29-30-31-32-33-34-35-36-38-39-42-45-48-54(57)60-51-52(50-59-53(56)47-44-41-12-9-6-3)61-55(58)49-46-43-40-37-16-14-11-8-5-2/h18-19,21-22,52H,4-17,20,23-51H2,1-3H3/b19-18-,22-21-. The van der Waals surface area contributed by atoms with E-state index in [9.17, 15) is 14.4 Å². The van der Waals surface area contributed by atoms with Crippen molar-refractivity contribution in [3.8, 4) is 0 Å². The topological polar surface area (TPSA) is 78.9 Å². The molecule has 6 heteroatoms. The summed E-state index contributed by atoms with van der Waals surface area (Å²) < 4.78 is 16.6. The van der Waals surface area contributed by atoms with E-state index >= 15 is 0 Å². The summed E-state index contributed by atoms with van der Waals surface area (Å²) in [5, 5.41) is 0. The average Bonchev–Trinajstić information content (AvgIpc) is 3.26. The summed E-state index contributed by atoms with van der Waals surface area (Å²) in [5.74, 6) is -0.873. The molecule has 1 unspecified atom stereocenters. The van der Waals surface area contributed by atoms with Gasteiger partial charge < -0.3 is 14.2 Å². The van der Waals surface area contributed by atoms with Crippen molar-refractivity contribution in [1.29, 1.82) is 0 Å². The van der Waals surface area contributed by atoms with E-state index in [-0.39, 0.29) is 31.1 Å². The first-order valence-electron chi connectivity index (χ1n) is 26.8. The number of allylic oxidation sites excluding steroid dienone is 4. The van der Waals surface area contributed by atoms with Crippen LogP contribution in [0.15, 0.2) is 24.3 Å². The van der Waals surface area contributed by atoms with Gasteiger partial charge in [-0.3, -0.25) is 14.4 Å². The van der Waals surface area contributed by atoms with Crippen LogP contribution >= 0.6 is 0 Å². The fourth-order valence-electron chi connectivity index (χ4n) is 7.89. The lowest BCUT2D eigenvalue weighted by atomic mass is 10.0. The second kappa shape index (κ2) is 50.5. The van der Waals surface area contributed by atoms with Crippen molar-refractivity contribution in [2.75, 3.05) is 13.2 Å². The zero-order valence-corrected chi connectivity index (χ0v) is 40.9. The molecule has 0 N–H and O–H groups in total. The van der Waals surface area contributed by atoms with E-state index in [0.29, 0.717) is 19.3 Å². The fourth-order valence-corrected chi connectivity index (χ4v) is 7.89. The summed E-state index contributed by atoms with van der Waals surface area (Å²) in [4.78, 5) is 37.5. The Morgan fingerprint density at radius 1 is 0.328 bits per heavy atom. The third-order valence-corrected chi connectivity index (χ3v) is 12.0. The summed E-state index contributed by atoms with van der Waals surface area (Å²) in [6, 6.07) is 0. The lowest BCUT2D eigenvalue weighted by Crippen LogP contribution is -2.30. The molecule has 0 aromatic rings. The zero-order valence-electron chi connectivity index (χ0n) is 40.9. The summed E-state index contributed by atoms with van der Waals surface area (Å²) >= 11 is 0. The molecule has 0 heterocycles. The van der Waals surface area contributed by atoms with Gasteiger partial charge in [-0.25, -0.2) is 0 Å². The lowest BCUT2D eigenvalue weighted by molar-refractivity contribution is -0.167. The number of hydrogen-bond acceptors (Lipinski definition) is 6. The highest BCUT2D eigenvalue weighted by molar-refractivity contribution is 5.71. The molecule has 0 radical (unpaired) electrons. The molecule has 0 amide bonds.